The maximum absolute atomic E-state index is 8.57. The Morgan fingerprint density at radius 3 is 3.08 bits per heavy atom. The first-order valence-corrected chi connectivity index (χ1v) is 4.59. The Morgan fingerprint density at radius 2 is 2.42 bits per heavy atom. The Labute approximate surface area is 75.4 Å². The summed E-state index contributed by atoms with van der Waals surface area (Å²) in [5.74, 6) is 1.40. The van der Waals surface area contributed by atoms with Gasteiger partial charge in [-0.15, -0.1) is 11.8 Å². The number of nitrogens with zero attached hydrogens (tertiary/aromatic N) is 2. The lowest BCUT2D eigenvalue weighted by molar-refractivity contribution is 0.322. The number of aromatic nitrogens is 2. The van der Waals surface area contributed by atoms with E-state index >= 15 is 0 Å². The summed E-state index contributed by atoms with van der Waals surface area (Å²) in [6.45, 7) is 0.163. The van der Waals surface area contributed by atoms with Crippen molar-refractivity contribution in [3.8, 4) is 0 Å². The molecular formula is C7H11N3OS. The van der Waals surface area contributed by atoms with E-state index in [0.717, 1.165) is 10.8 Å². The summed E-state index contributed by atoms with van der Waals surface area (Å²) >= 11 is 1.49. The molecule has 0 aromatic carbocycles. The average Bonchev–Trinajstić information content (AvgIpc) is 2.15. The second-order valence-corrected chi connectivity index (χ2v) is 3.18. The van der Waals surface area contributed by atoms with E-state index < -0.39 is 0 Å². The van der Waals surface area contributed by atoms with Crippen molar-refractivity contribution < 1.29 is 5.11 Å². The number of hydrogen-bond donors (Lipinski definition) is 2. The summed E-state index contributed by atoms with van der Waals surface area (Å²) in [7, 11) is 1.80. The minimum absolute atomic E-state index is 0.163. The first-order valence-electron chi connectivity index (χ1n) is 3.60. The van der Waals surface area contributed by atoms with Crippen LogP contribution >= 0.6 is 11.8 Å². The quantitative estimate of drug-likeness (QED) is 0.673. The Morgan fingerprint density at radius 1 is 1.58 bits per heavy atom. The molecular weight excluding hydrogens is 174 g/mol. The van der Waals surface area contributed by atoms with Crippen molar-refractivity contribution in [1.29, 1.82) is 0 Å². The van der Waals surface area contributed by atoms with E-state index in [1.807, 2.05) is 0 Å². The molecule has 0 aliphatic carbocycles. The van der Waals surface area contributed by atoms with E-state index in [9.17, 15) is 0 Å². The van der Waals surface area contributed by atoms with Crippen molar-refractivity contribution in [1.82, 2.24) is 9.97 Å². The van der Waals surface area contributed by atoms with Crippen LogP contribution in [-0.2, 0) is 0 Å². The molecule has 0 aliphatic heterocycles. The normalized spacial score (nSPS) is 9.83. The van der Waals surface area contributed by atoms with Crippen molar-refractivity contribution in [2.75, 3.05) is 24.7 Å². The van der Waals surface area contributed by atoms with E-state index in [-0.39, 0.29) is 6.61 Å². The zero-order valence-corrected chi connectivity index (χ0v) is 7.64. The van der Waals surface area contributed by atoms with Crippen molar-refractivity contribution in [2.24, 2.45) is 0 Å². The van der Waals surface area contributed by atoms with E-state index in [4.69, 9.17) is 5.11 Å². The Balaban J connectivity index is 2.60. The highest BCUT2D eigenvalue weighted by Gasteiger charge is 1.96. The van der Waals surface area contributed by atoms with Gasteiger partial charge < -0.3 is 10.4 Å². The van der Waals surface area contributed by atoms with Gasteiger partial charge in [-0.05, 0) is 0 Å². The predicted molar refractivity (Wildman–Crippen MR) is 49.4 cm³/mol. The summed E-state index contributed by atoms with van der Waals surface area (Å²) in [6, 6.07) is 0. The standard InChI is InChI=1S/C7H11N3OS/c1-8-6-4-9-5-7(10-6)12-3-2-11/h4-5,11H,2-3H2,1H3,(H,8,10). The summed E-state index contributed by atoms with van der Waals surface area (Å²) in [4.78, 5) is 8.19. The van der Waals surface area contributed by atoms with Crippen LogP contribution in [0.15, 0.2) is 17.4 Å². The lowest BCUT2D eigenvalue weighted by atomic mass is 10.7. The van der Waals surface area contributed by atoms with E-state index in [0.29, 0.717) is 5.75 Å². The van der Waals surface area contributed by atoms with Crippen LogP contribution < -0.4 is 5.32 Å². The zero-order valence-electron chi connectivity index (χ0n) is 6.82. The predicted octanol–water partition coefficient (Wildman–Crippen LogP) is 0.603. The molecule has 0 saturated carbocycles. The second kappa shape index (κ2) is 4.95. The molecule has 0 radical (unpaired) electrons. The minimum atomic E-state index is 0.163. The molecule has 0 amide bonds. The van der Waals surface area contributed by atoms with Crippen LogP contribution in [0.3, 0.4) is 0 Å². The highest BCUT2D eigenvalue weighted by Crippen LogP contribution is 2.14. The molecule has 1 aromatic rings. The van der Waals surface area contributed by atoms with E-state index in [1.54, 1.807) is 19.4 Å². The smallest absolute Gasteiger partial charge is 0.145 e. The molecule has 5 heteroatoms. The van der Waals surface area contributed by atoms with Crippen molar-refractivity contribution >= 4 is 17.6 Å². The molecule has 0 spiro atoms. The van der Waals surface area contributed by atoms with Gasteiger partial charge >= 0.3 is 0 Å². The zero-order chi connectivity index (χ0) is 8.81. The highest BCUT2D eigenvalue weighted by molar-refractivity contribution is 7.99. The Bertz CT molecular complexity index is 244. The van der Waals surface area contributed by atoms with Gasteiger partial charge in [0.2, 0.25) is 0 Å². The van der Waals surface area contributed by atoms with E-state index in [2.05, 4.69) is 15.3 Å². The van der Waals surface area contributed by atoms with Crippen LogP contribution in [0, 0.1) is 0 Å². The third kappa shape index (κ3) is 2.67. The van der Waals surface area contributed by atoms with E-state index in [1.165, 1.54) is 11.8 Å². The minimum Gasteiger partial charge on any atom is -0.396 e. The summed E-state index contributed by atoms with van der Waals surface area (Å²) in [5.41, 5.74) is 0. The topological polar surface area (TPSA) is 58.0 Å². The van der Waals surface area contributed by atoms with Gasteiger partial charge in [0.15, 0.2) is 0 Å². The first-order chi connectivity index (χ1) is 5.86. The number of aliphatic hydroxyl groups is 1. The number of aliphatic hydroxyl groups excluding tert-OH is 1. The van der Waals surface area contributed by atoms with Gasteiger partial charge in [0, 0.05) is 12.8 Å². The van der Waals surface area contributed by atoms with Gasteiger partial charge in [-0.2, -0.15) is 0 Å². The molecule has 1 aromatic heterocycles. The lowest BCUT2D eigenvalue weighted by Crippen LogP contribution is -1.95. The summed E-state index contributed by atoms with van der Waals surface area (Å²) < 4.78 is 0. The molecule has 1 heterocycles. The molecule has 1 rings (SSSR count). The molecule has 12 heavy (non-hydrogen) atoms. The van der Waals surface area contributed by atoms with Gasteiger partial charge in [0.05, 0.1) is 19.0 Å². The summed E-state index contributed by atoms with van der Waals surface area (Å²) in [5, 5.41) is 12.3. The SMILES string of the molecule is CNc1cncc(SCCO)n1. The molecule has 0 atom stereocenters. The van der Waals surface area contributed by atoms with Crippen LogP contribution in [0.1, 0.15) is 0 Å². The fourth-order valence-electron chi connectivity index (χ4n) is 0.688. The van der Waals surface area contributed by atoms with Crippen LogP contribution in [0.25, 0.3) is 0 Å². The molecule has 66 valence electrons. The van der Waals surface area contributed by atoms with Crippen LogP contribution in [0.5, 0.6) is 0 Å². The molecule has 4 nitrogen and oxygen atoms in total. The van der Waals surface area contributed by atoms with Crippen molar-refractivity contribution in [3.05, 3.63) is 12.4 Å². The molecule has 0 saturated heterocycles. The number of anilines is 1. The largest absolute Gasteiger partial charge is 0.396 e. The maximum atomic E-state index is 8.57. The summed E-state index contributed by atoms with van der Waals surface area (Å²) in [6.07, 6.45) is 3.34. The van der Waals surface area contributed by atoms with Gasteiger partial charge in [-0.1, -0.05) is 0 Å². The number of thioether (sulfide) groups is 1. The van der Waals surface area contributed by atoms with Gasteiger partial charge in [-0.25, -0.2) is 4.98 Å². The maximum Gasteiger partial charge on any atom is 0.145 e. The van der Waals surface area contributed by atoms with Gasteiger partial charge in [0.1, 0.15) is 10.8 Å². The Kier molecular flexibility index (Phi) is 3.83. The van der Waals surface area contributed by atoms with Crippen molar-refractivity contribution in [3.63, 3.8) is 0 Å². The molecule has 0 aliphatic rings. The van der Waals surface area contributed by atoms with Gasteiger partial charge in [-0.3, -0.25) is 4.98 Å². The number of nitrogens with one attached hydrogen (secondary N) is 1. The van der Waals surface area contributed by atoms with Crippen LogP contribution in [0.2, 0.25) is 0 Å². The van der Waals surface area contributed by atoms with Crippen LogP contribution in [0.4, 0.5) is 5.82 Å². The third-order valence-electron chi connectivity index (χ3n) is 1.21. The number of rotatable bonds is 4. The van der Waals surface area contributed by atoms with Gasteiger partial charge in [0.25, 0.3) is 0 Å². The second-order valence-electron chi connectivity index (χ2n) is 2.06. The molecule has 0 bridgehead atoms. The molecule has 0 unspecified atom stereocenters. The fraction of sp³-hybridized carbons (Fsp3) is 0.429. The highest BCUT2D eigenvalue weighted by atomic mass is 32.2. The fourth-order valence-corrected chi connectivity index (χ4v) is 1.29. The number of hydrogen-bond acceptors (Lipinski definition) is 5. The third-order valence-corrected chi connectivity index (χ3v) is 2.09. The van der Waals surface area contributed by atoms with Crippen LogP contribution in [-0.4, -0.2) is 34.5 Å². The Hall–Kier alpha value is -0.810. The molecule has 2 N–H and O–H groups in total. The average molecular weight is 185 g/mol. The van der Waals surface area contributed by atoms with Crippen molar-refractivity contribution in [2.45, 2.75) is 5.03 Å². The monoisotopic (exact) mass is 185 g/mol. The lowest BCUT2D eigenvalue weighted by Gasteiger charge is -2.00. The first kappa shape index (κ1) is 9.28. The molecule has 0 fully saturated rings.